The van der Waals surface area contributed by atoms with Crippen LogP contribution in [-0.4, -0.2) is 73.6 Å². The first-order chi connectivity index (χ1) is 15.1. The standard InChI is InChI=1S/C22H28N6O3/c1-2-18-17-5-3-4-6-19(17)28(24-18)21-23-20(31-25-21)16-8-10-26(11-9-16)13-15-7-12-27(14-15)22(29)30/h3-6,15-16H,2,7-14H2,1H3,(H,29,30)/t15-/m1/s1. The predicted octanol–water partition coefficient (Wildman–Crippen LogP) is 3.15. The summed E-state index contributed by atoms with van der Waals surface area (Å²) in [7, 11) is 0. The van der Waals surface area contributed by atoms with E-state index >= 15 is 0 Å². The number of amides is 1. The van der Waals surface area contributed by atoms with Crippen molar-refractivity contribution in [2.75, 3.05) is 32.7 Å². The molecule has 0 unspecified atom stereocenters. The third-order valence-corrected chi connectivity index (χ3v) is 6.63. The van der Waals surface area contributed by atoms with E-state index in [0.717, 1.165) is 61.9 Å². The van der Waals surface area contributed by atoms with Gasteiger partial charge < -0.3 is 19.4 Å². The Hall–Kier alpha value is -2.94. The zero-order valence-corrected chi connectivity index (χ0v) is 17.8. The molecule has 0 bridgehead atoms. The van der Waals surface area contributed by atoms with Crippen LogP contribution in [0.1, 0.15) is 43.7 Å². The van der Waals surface area contributed by atoms with Gasteiger partial charge >= 0.3 is 6.09 Å². The largest absolute Gasteiger partial charge is 0.465 e. The lowest BCUT2D eigenvalue weighted by molar-refractivity contribution is 0.147. The summed E-state index contributed by atoms with van der Waals surface area (Å²) in [6.07, 6.45) is 2.94. The van der Waals surface area contributed by atoms with Crippen molar-refractivity contribution in [2.24, 2.45) is 5.92 Å². The normalized spacial score (nSPS) is 20.7. The lowest BCUT2D eigenvalue weighted by Crippen LogP contribution is -2.37. The fraction of sp³-hybridized carbons (Fsp3) is 0.545. The second-order valence-corrected chi connectivity index (χ2v) is 8.62. The summed E-state index contributed by atoms with van der Waals surface area (Å²) in [6.45, 7) is 6.31. The van der Waals surface area contributed by atoms with E-state index in [1.807, 2.05) is 18.2 Å². The molecule has 1 atom stereocenters. The molecule has 1 aromatic carbocycles. The Morgan fingerprint density at radius 2 is 2.00 bits per heavy atom. The van der Waals surface area contributed by atoms with Crippen molar-refractivity contribution >= 4 is 17.0 Å². The van der Waals surface area contributed by atoms with E-state index in [0.29, 0.717) is 30.8 Å². The van der Waals surface area contributed by atoms with E-state index in [1.165, 1.54) is 4.90 Å². The first-order valence-corrected chi connectivity index (χ1v) is 11.1. The van der Waals surface area contributed by atoms with E-state index in [4.69, 9.17) is 19.7 Å². The SMILES string of the molecule is CCc1nn(-c2noc(C3CCN(C[C@H]4CCN(C(=O)O)C4)CC3)n2)c2ccccc12. The minimum Gasteiger partial charge on any atom is -0.465 e. The molecular formula is C22H28N6O3. The van der Waals surface area contributed by atoms with Crippen LogP contribution < -0.4 is 0 Å². The van der Waals surface area contributed by atoms with Crippen LogP contribution in [0.3, 0.4) is 0 Å². The molecule has 0 aliphatic carbocycles. The van der Waals surface area contributed by atoms with Crippen LogP contribution in [-0.2, 0) is 6.42 Å². The highest BCUT2D eigenvalue weighted by Crippen LogP contribution is 2.29. The van der Waals surface area contributed by atoms with Gasteiger partial charge in [-0.15, -0.1) is 0 Å². The van der Waals surface area contributed by atoms with Crippen molar-refractivity contribution in [2.45, 2.75) is 38.5 Å². The topological polar surface area (TPSA) is 101 Å². The summed E-state index contributed by atoms with van der Waals surface area (Å²) in [5, 5.41) is 19.2. The Kier molecular flexibility index (Phi) is 5.35. The number of fused-ring (bicyclic) bond motifs is 1. The molecule has 5 rings (SSSR count). The van der Waals surface area contributed by atoms with E-state index in [2.05, 4.69) is 23.0 Å². The Morgan fingerprint density at radius 1 is 1.19 bits per heavy atom. The first kappa shape index (κ1) is 20.0. The summed E-state index contributed by atoms with van der Waals surface area (Å²) >= 11 is 0. The number of hydrogen-bond acceptors (Lipinski definition) is 6. The van der Waals surface area contributed by atoms with Crippen molar-refractivity contribution in [1.82, 2.24) is 29.7 Å². The van der Waals surface area contributed by atoms with E-state index < -0.39 is 6.09 Å². The van der Waals surface area contributed by atoms with Crippen LogP contribution in [0.2, 0.25) is 0 Å². The molecule has 2 saturated heterocycles. The summed E-state index contributed by atoms with van der Waals surface area (Å²) < 4.78 is 7.43. The highest BCUT2D eigenvalue weighted by molar-refractivity contribution is 5.83. The van der Waals surface area contributed by atoms with Crippen LogP contribution in [0.25, 0.3) is 16.9 Å². The molecule has 4 heterocycles. The van der Waals surface area contributed by atoms with Crippen LogP contribution in [0.5, 0.6) is 0 Å². The highest BCUT2D eigenvalue weighted by atomic mass is 16.5. The zero-order chi connectivity index (χ0) is 21.4. The Morgan fingerprint density at radius 3 is 2.74 bits per heavy atom. The van der Waals surface area contributed by atoms with E-state index in [1.54, 1.807) is 4.68 Å². The molecule has 9 heteroatoms. The summed E-state index contributed by atoms with van der Waals surface area (Å²) in [6, 6.07) is 8.13. The Balaban J connectivity index is 1.23. The average molecular weight is 425 g/mol. The van der Waals surface area contributed by atoms with Gasteiger partial charge in [0.25, 0.3) is 5.95 Å². The Labute approximate surface area is 180 Å². The van der Waals surface area contributed by atoms with Gasteiger partial charge in [0.2, 0.25) is 5.89 Å². The van der Waals surface area contributed by atoms with Gasteiger partial charge in [-0.3, -0.25) is 0 Å². The lowest BCUT2D eigenvalue weighted by Gasteiger charge is -2.32. The number of carbonyl (C=O) groups is 1. The quantitative estimate of drug-likeness (QED) is 0.671. The molecule has 31 heavy (non-hydrogen) atoms. The van der Waals surface area contributed by atoms with Crippen molar-refractivity contribution in [3.63, 3.8) is 0 Å². The smallest absolute Gasteiger partial charge is 0.407 e. The molecular weight excluding hydrogens is 396 g/mol. The molecule has 0 saturated carbocycles. The molecule has 1 N–H and O–H groups in total. The fourth-order valence-electron chi connectivity index (χ4n) is 4.91. The van der Waals surface area contributed by atoms with Crippen LogP contribution in [0, 0.1) is 5.92 Å². The third-order valence-electron chi connectivity index (χ3n) is 6.63. The molecule has 2 aromatic heterocycles. The van der Waals surface area contributed by atoms with Gasteiger partial charge in [-0.05, 0) is 55.9 Å². The number of hydrogen-bond donors (Lipinski definition) is 1. The number of rotatable bonds is 5. The van der Waals surface area contributed by atoms with Gasteiger partial charge in [0, 0.05) is 30.9 Å². The maximum absolute atomic E-state index is 11.1. The van der Waals surface area contributed by atoms with Gasteiger partial charge in [0.1, 0.15) is 0 Å². The first-order valence-electron chi connectivity index (χ1n) is 11.1. The number of likely N-dealkylation sites (tertiary alicyclic amines) is 2. The number of aryl methyl sites for hydroxylation is 1. The summed E-state index contributed by atoms with van der Waals surface area (Å²) in [5.74, 6) is 1.87. The molecule has 2 fully saturated rings. The lowest BCUT2D eigenvalue weighted by atomic mass is 9.95. The third kappa shape index (κ3) is 3.89. The number of benzene rings is 1. The molecule has 0 radical (unpaired) electrons. The molecule has 2 aliphatic rings. The van der Waals surface area contributed by atoms with E-state index in [9.17, 15) is 4.79 Å². The van der Waals surface area contributed by atoms with Crippen molar-refractivity contribution in [1.29, 1.82) is 0 Å². The van der Waals surface area contributed by atoms with Crippen molar-refractivity contribution < 1.29 is 14.4 Å². The maximum atomic E-state index is 11.1. The predicted molar refractivity (Wildman–Crippen MR) is 114 cm³/mol. The molecule has 164 valence electrons. The van der Waals surface area contributed by atoms with Crippen LogP contribution in [0.4, 0.5) is 4.79 Å². The zero-order valence-electron chi connectivity index (χ0n) is 17.8. The number of para-hydroxylation sites is 1. The fourth-order valence-corrected chi connectivity index (χ4v) is 4.91. The highest BCUT2D eigenvalue weighted by Gasteiger charge is 2.30. The number of nitrogens with zero attached hydrogens (tertiary/aromatic N) is 6. The van der Waals surface area contributed by atoms with Gasteiger partial charge in [-0.1, -0.05) is 25.1 Å². The molecule has 9 nitrogen and oxygen atoms in total. The summed E-state index contributed by atoms with van der Waals surface area (Å²) in [5.41, 5.74) is 2.03. The number of aromatic nitrogens is 4. The second kappa shape index (κ2) is 8.30. The van der Waals surface area contributed by atoms with Crippen molar-refractivity contribution in [3.05, 3.63) is 35.9 Å². The molecule has 0 spiro atoms. The average Bonchev–Trinajstić information content (AvgIpc) is 3.52. The van der Waals surface area contributed by atoms with E-state index in [-0.39, 0.29) is 5.92 Å². The number of piperidine rings is 1. The minimum absolute atomic E-state index is 0.254. The minimum atomic E-state index is -0.801. The van der Waals surface area contributed by atoms with Crippen LogP contribution in [0.15, 0.2) is 28.8 Å². The molecule has 2 aliphatic heterocycles. The Bertz CT molecular complexity index is 1070. The van der Waals surface area contributed by atoms with Gasteiger partial charge in [-0.2, -0.15) is 14.8 Å². The number of carboxylic acid groups (broad SMARTS) is 1. The molecule has 1 amide bonds. The van der Waals surface area contributed by atoms with Gasteiger partial charge in [0.05, 0.1) is 11.2 Å². The van der Waals surface area contributed by atoms with Crippen molar-refractivity contribution in [3.8, 4) is 5.95 Å². The van der Waals surface area contributed by atoms with Gasteiger partial charge in [-0.25, -0.2) is 4.79 Å². The van der Waals surface area contributed by atoms with Gasteiger partial charge in [0.15, 0.2) is 0 Å². The monoisotopic (exact) mass is 424 g/mol. The maximum Gasteiger partial charge on any atom is 0.407 e. The molecule has 3 aromatic rings. The summed E-state index contributed by atoms with van der Waals surface area (Å²) in [4.78, 5) is 19.8. The second-order valence-electron chi connectivity index (χ2n) is 8.62. The van der Waals surface area contributed by atoms with Crippen LogP contribution >= 0.6 is 0 Å².